The molecule has 2 aromatic heterocycles. The van der Waals surface area contributed by atoms with E-state index in [0.29, 0.717) is 24.5 Å². The van der Waals surface area contributed by atoms with Gasteiger partial charge in [0.2, 0.25) is 10.0 Å². The average Bonchev–Trinajstić information content (AvgIpc) is 3.40. The van der Waals surface area contributed by atoms with Gasteiger partial charge in [0.25, 0.3) is 5.91 Å². The lowest BCUT2D eigenvalue weighted by atomic mass is 10.1. The van der Waals surface area contributed by atoms with Crippen LogP contribution >= 0.6 is 0 Å². The molecule has 1 amide bonds. The Morgan fingerprint density at radius 2 is 2.00 bits per heavy atom. The van der Waals surface area contributed by atoms with Crippen LogP contribution in [0.4, 0.5) is 5.82 Å². The minimum absolute atomic E-state index is 0.114. The van der Waals surface area contributed by atoms with Crippen molar-refractivity contribution in [2.45, 2.75) is 17.5 Å². The van der Waals surface area contributed by atoms with E-state index in [1.807, 2.05) is 12.1 Å². The van der Waals surface area contributed by atoms with Crippen LogP contribution in [-0.4, -0.2) is 74.2 Å². The maximum absolute atomic E-state index is 13.6. The number of esters is 1. The van der Waals surface area contributed by atoms with E-state index in [2.05, 4.69) is 25.0 Å². The predicted octanol–water partition coefficient (Wildman–Crippen LogP) is 1.48. The van der Waals surface area contributed by atoms with Gasteiger partial charge in [0.05, 0.1) is 13.7 Å². The number of anilines is 1. The van der Waals surface area contributed by atoms with Crippen molar-refractivity contribution in [1.82, 2.24) is 19.6 Å². The van der Waals surface area contributed by atoms with Gasteiger partial charge >= 0.3 is 5.97 Å². The molecule has 3 heterocycles. The molecular formula is C25H26N6O5S. The molecule has 0 saturated carbocycles. The Morgan fingerprint density at radius 1 is 1.14 bits per heavy atom. The van der Waals surface area contributed by atoms with Crippen molar-refractivity contribution >= 4 is 33.9 Å². The molecule has 2 N–H and O–H groups in total. The number of amides is 1. The highest BCUT2D eigenvalue weighted by atomic mass is 32.2. The number of carbonyl (C=O) groups excluding carboxylic acids is 2. The zero-order valence-corrected chi connectivity index (χ0v) is 20.9. The monoisotopic (exact) mass is 522 g/mol. The summed E-state index contributed by atoms with van der Waals surface area (Å²) in [6, 6.07) is 12.1. The zero-order valence-electron chi connectivity index (χ0n) is 20.1. The number of sulfonamides is 1. The number of carbonyl (C=O) groups is 2. The van der Waals surface area contributed by atoms with E-state index in [1.54, 1.807) is 36.7 Å². The molecule has 11 nitrogen and oxygen atoms in total. The lowest BCUT2D eigenvalue weighted by molar-refractivity contribution is -0.142. The number of fused-ring (bicyclic) bond motifs is 1. The molecule has 1 aromatic carbocycles. The summed E-state index contributed by atoms with van der Waals surface area (Å²) in [7, 11) is -2.96. The van der Waals surface area contributed by atoms with E-state index in [4.69, 9.17) is 4.74 Å². The molecule has 1 unspecified atom stereocenters. The third kappa shape index (κ3) is 6.54. The second kappa shape index (κ2) is 11.7. The Kier molecular flexibility index (Phi) is 8.21. The normalized spacial score (nSPS) is 13.0. The summed E-state index contributed by atoms with van der Waals surface area (Å²) in [5.41, 5.74) is 2.25. The number of nitrogens with zero attached hydrogens (tertiary/aromatic N) is 4. The summed E-state index contributed by atoms with van der Waals surface area (Å²) in [5.74, 6) is -0.588. The second-order valence-electron chi connectivity index (χ2n) is 8.16. The Labute approximate surface area is 214 Å². The first kappa shape index (κ1) is 25.9. The maximum atomic E-state index is 13.6. The van der Waals surface area contributed by atoms with Crippen LogP contribution in [0.15, 0.2) is 77.0 Å². The number of aromatic nitrogens is 2. The van der Waals surface area contributed by atoms with E-state index in [0.717, 1.165) is 18.2 Å². The summed E-state index contributed by atoms with van der Waals surface area (Å²) in [6.07, 6.45) is 5.95. The van der Waals surface area contributed by atoms with Crippen LogP contribution in [0.25, 0.3) is 0 Å². The van der Waals surface area contributed by atoms with Gasteiger partial charge in [-0.3, -0.25) is 19.6 Å². The molecule has 0 spiro atoms. The molecule has 0 aliphatic carbocycles. The number of nitrogens with one attached hydrogen (secondary N) is 2. The summed E-state index contributed by atoms with van der Waals surface area (Å²) in [4.78, 5) is 39.7. The van der Waals surface area contributed by atoms with Gasteiger partial charge in [-0.15, -0.1) is 0 Å². The molecule has 12 heteroatoms. The Morgan fingerprint density at radius 3 is 2.73 bits per heavy atom. The number of pyridine rings is 2. The molecule has 0 fully saturated rings. The molecule has 0 saturated heterocycles. The smallest absolute Gasteiger partial charge is 0.325 e. The fourth-order valence-electron chi connectivity index (χ4n) is 3.76. The molecule has 192 valence electrons. The summed E-state index contributed by atoms with van der Waals surface area (Å²) >= 11 is 0. The van der Waals surface area contributed by atoms with Crippen molar-refractivity contribution in [2.24, 2.45) is 4.99 Å². The Balaban J connectivity index is 1.57. The molecule has 4 rings (SSSR count). The van der Waals surface area contributed by atoms with Crippen LogP contribution in [0.3, 0.4) is 0 Å². The quantitative estimate of drug-likeness (QED) is 0.361. The van der Waals surface area contributed by atoms with Gasteiger partial charge in [-0.25, -0.2) is 13.4 Å². The third-order valence-corrected chi connectivity index (χ3v) is 7.11. The maximum Gasteiger partial charge on any atom is 0.325 e. The van der Waals surface area contributed by atoms with Gasteiger partial charge in [-0.05, 0) is 47.5 Å². The molecular weight excluding hydrogens is 496 g/mol. The predicted molar refractivity (Wildman–Crippen MR) is 137 cm³/mol. The van der Waals surface area contributed by atoms with Gasteiger partial charge in [-0.1, -0.05) is 12.1 Å². The molecule has 1 aliphatic heterocycles. The average molecular weight is 523 g/mol. The summed E-state index contributed by atoms with van der Waals surface area (Å²) in [6.45, 7) is 0.753. The molecule has 0 bridgehead atoms. The lowest BCUT2D eigenvalue weighted by Crippen LogP contribution is -2.51. The van der Waals surface area contributed by atoms with E-state index < -0.39 is 22.0 Å². The van der Waals surface area contributed by atoms with Gasteiger partial charge < -0.3 is 15.0 Å². The van der Waals surface area contributed by atoms with Crippen molar-refractivity contribution in [3.8, 4) is 0 Å². The lowest BCUT2D eigenvalue weighted by Gasteiger charge is -2.27. The molecule has 0 radical (unpaired) electrons. The Bertz CT molecular complexity index is 1380. The Hall–Kier alpha value is -4.16. The van der Waals surface area contributed by atoms with E-state index in [1.165, 1.54) is 29.4 Å². The number of methoxy groups -OCH3 is 1. The van der Waals surface area contributed by atoms with Crippen molar-refractivity contribution in [3.05, 3.63) is 83.8 Å². The number of hydrogen-bond donors (Lipinski definition) is 2. The summed E-state index contributed by atoms with van der Waals surface area (Å²) < 4.78 is 33.0. The highest BCUT2D eigenvalue weighted by molar-refractivity contribution is 7.89. The standard InChI is InChI=1S/C25H26N6O5S/c1-36-25(33)22(30-37(34,35)21-5-4-9-26-16-21)17-31(12-11-29-23-6-2-3-10-28-23)24(32)18-7-8-19-14-27-15-20(19)13-18/h2-10,13,15-16,22,30H,11-12,14,17H2,1H3,(H,28,29). The number of rotatable bonds is 11. The van der Waals surface area contributed by atoms with Crippen LogP contribution in [0, 0.1) is 0 Å². The van der Waals surface area contributed by atoms with Crippen LogP contribution in [-0.2, 0) is 26.1 Å². The van der Waals surface area contributed by atoms with Crippen molar-refractivity contribution in [2.75, 3.05) is 32.1 Å². The van der Waals surface area contributed by atoms with Crippen LogP contribution < -0.4 is 10.0 Å². The summed E-state index contributed by atoms with van der Waals surface area (Å²) in [5, 5.41) is 3.12. The van der Waals surface area contributed by atoms with Crippen molar-refractivity contribution < 1.29 is 22.7 Å². The number of aliphatic imine (C=N–C) groups is 1. The van der Waals surface area contributed by atoms with Crippen LogP contribution in [0.1, 0.15) is 21.5 Å². The fraction of sp³-hybridized carbons (Fsp3) is 0.240. The minimum Gasteiger partial charge on any atom is -0.468 e. The van der Waals surface area contributed by atoms with Crippen molar-refractivity contribution in [1.29, 1.82) is 0 Å². The second-order valence-corrected chi connectivity index (χ2v) is 9.88. The third-order valence-electron chi connectivity index (χ3n) is 5.66. The molecule has 37 heavy (non-hydrogen) atoms. The van der Waals surface area contributed by atoms with Crippen molar-refractivity contribution in [3.63, 3.8) is 0 Å². The minimum atomic E-state index is -4.12. The molecule has 1 atom stereocenters. The van der Waals surface area contributed by atoms with Gasteiger partial charge in [-0.2, -0.15) is 4.72 Å². The number of hydrogen-bond acceptors (Lipinski definition) is 9. The van der Waals surface area contributed by atoms with Gasteiger partial charge in [0.15, 0.2) is 0 Å². The first-order valence-electron chi connectivity index (χ1n) is 11.4. The van der Waals surface area contributed by atoms with Crippen LogP contribution in [0.2, 0.25) is 0 Å². The highest BCUT2D eigenvalue weighted by Gasteiger charge is 2.31. The highest BCUT2D eigenvalue weighted by Crippen LogP contribution is 2.18. The van der Waals surface area contributed by atoms with E-state index in [9.17, 15) is 18.0 Å². The van der Waals surface area contributed by atoms with Gasteiger partial charge in [0, 0.05) is 50.0 Å². The first-order valence-corrected chi connectivity index (χ1v) is 12.9. The number of benzene rings is 1. The van der Waals surface area contributed by atoms with Gasteiger partial charge in [0.1, 0.15) is 16.8 Å². The largest absolute Gasteiger partial charge is 0.468 e. The first-order chi connectivity index (χ1) is 17.9. The molecule has 3 aromatic rings. The topological polar surface area (TPSA) is 143 Å². The zero-order chi connectivity index (χ0) is 26.3. The number of ether oxygens (including phenoxy) is 1. The molecule has 1 aliphatic rings. The SMILES string of the molecule is COC(=O)C(CN(CCNc1ccccn1)C(=O)c1ccc2c(c1)C=NC2)NS(=O)(=O)c1cccnc1. The van der Waals surface area contributed by atoms with E-state index >= 15 is 0 Å². The van der Waals surface area contributed by atoms with Crippen LogP contribution in [0.5, 0.6) is 0 Å². The fourth-order valence-corrected chi connectivity index (χ4v) is 4.90. The van der Waals surface area contributed by atoms with E-state index in [-0.39, 0.29) is 23.9 Å².